The number of aromatic nitrogens is 2. The second kappa shape index (κ2) is 4.08. The minimum absolute atomic E-state index is 0.0881. The summed E-state index contributed by atoms with van der Waals surface area (Å²) in [5.41, 5.74) is 0. The first kappa shape index (κ1) is 8.20. The predicted octanol–water partition coefficient (Wildman–Crippen LogP) is 1.55. The molecule has 0 fully saturated rings. The maximum atomic E-state index is 8.69. The molecule has 0 spiro atoms. The van der Waals surface area contributed by atoms with Crippen LogP contribution in [0.5, 0.6) is 0 Å². The quantitative estimate of drug-likeness (QED) is 0.697. The molecule has 0 unspecified atom stereocenters. The zero-order valence-electron chi connectivity index (χ0n) is 6.10. The van der Waals surface area contributed by atoms with Crippen molar-refractivity contribution in [1.29, 1.82) is 0 Å². The standard InChI is InChI=1S/C7H10N2OS/c10-7(11)2-1-4-9-5-3-8-6-9/h3,5-6H,1-2,4H2,(H,10,11). The molecule has 1 heterocycles. The van der Waals surface area contributed by atoms with E-state index >= 15 is 0 Å². The first-order valence-corrected chi connectivity index (χ1v) is 3.87. The molecule has 0 atom stereocenters. The lowest BCUT2D eigenvalue weighted by molar-refractivity contribution is 0.532. The van der Waals surface area contributed by atoms with Crippen LogP contribution in [0.4, 0.5) is 0 Å². The highest BCUT2D eigenvalue weighted by atomic mass is 32.1. The number of aryl methyl sites for hydroxylation is 1. The number of thiocarbonyl (C=S) groups is 1. The Kier molecular flexibility index (Phi) is 3.04. The smallest absolute Gasteiger partial charge is 0.156 e. The third-order valence-corrected chi connectivity index (χ3v) is 1.57. The van der Waals surface area contributed by atoms with Gasteiger partial charge in [0.15, 0.2) is 5.05 Å². The van der Waals surface area contributed by atoms with E-state index in [9.17, 15) is 0 Å². The van der Waals surface area contributed by atoms with Gasteiger partial charge in [0, 0.05) is 25.4 Å². The zero-order valence-corrected chi connectivity index (χ0v) is 6.92. The van der Waals surface area contributed by atoms with Gasteiger partial charge in [-0.15, -0.1) is 0 Å². The first-order valence-electron chi connectivity index (χ1n) is 3.46. The summed E-state index contributed by atoms with van der Waals surface area (Å²) in [6, 6.07) is 0. The largest absolute Gasteiger partial charge is 0.502 e. The summed E-state index contributed by atoms with van der Waals surface area (Å²) in [5.74, 6) is 0. The molecule has 1 rings (SSSR count). The maximum Gasteiger partial charge on any atom is 0.156 e. The fraction of sp³-hybridized carbons (Fsp3) is 0.429. The Bertz CT molecular complexity index is 220. The molecule has 0 aliphatic rings. The molecule has 11 heavy (non-hydrogen) atoms. The van der Waals surface area contributed by atoms with Gasteiger partial charge in [-0.3, -0.25) is 0 Å². The highest BCUT2D eigenvalue weighted by molar-refractivity contribution is 7.80. The SMILES string of the molecule is OC(=S)CCCn1ccnc1. The number of rotatable bonds is 4. The summed E-state index contributed by atoms with van der Waals surface area (Å²) in [6.45, 7) is 0.862. The number of hydrogen-bond acceptors (Lipinski definition) is 2. The van der Waals surface area contributed by atoms with Crippen molar-refractivity contribution in [3.05, 3.63) is 18.7 Å². The summed E-state index contributed by atoms with van der Waals surface area (Å²) in [6.07, 6.45) is 6.83. The van der Waals surface area contributed by atoms with Crippen molar-refractivity contribution < 1.29 is 5.11 Å². The molecule has 0 saturated heterocycles. The third-order valence-electron chi connectivity index (χ3n) is 1.37. The molecular formula is C7H10N2OS. The highest BCUT2D eigenvalue weighted by Gasteiger charge is 1.92. The van der Waals surface area contributed by atoms with E-state index in [1.807, 2.05) is 10.8 Å². The topological polar surface area (TPSA) is 38.0 Å². The minimum Gasteiger partial charge on any atom is -0.502 e. The highest BCUT2D eigenvalue weighted by Crippen LogP contribution is 1.95. The predicted molar refractivity (Wildman–Crippen MR) is 46.7 cm³/mol. The molecule has 3 nitrogen and oxygen atoms in total. The summed E-state index contributed by atoms with van der Waals surface area (Å²) in [7, 11) is 0. The van der Waals surface area contributed by atoms with Crippen molar-refractivity contribution in [2.45, 2.75) is 19.4 Å². The van der Waals surface area contributed by atoms with Crippen LogP contribution in [0.3, 0.4) is 0 Å². The molecule has 0 aromatic carbocycles. The Balaban J connectivity index is 2.19. The Hall–Kier alpha value is -0.900. The molecule has 1 aromatic heterocycles. The fourth-order valence-corrected chi connectivity index (χ4v) is 0.976. The van der Waals surface area contributed by atoms with Gasteiger partial charge in [0.2, 0.25) is 0 Å². The molecule has 4 heteroatoms. The first-order chi connectivity index (χ1) is 5.29. The second-order valence-corrected chi connectivity index (χ2v) is 2.77. The van der Waals surface area contributed by atoms with Crippen LogP contribution in [-0.2, 0) is 6.54 Å². The minimum atomic E-state index is 0.0881. The van der Waals surface area contributed by atoms with Crippen LogP contribution < -0.4 is 0 Å². The average molecular weight is 170 g/mol. The molecular weight excluding hydrogens is 160 g/mol. The van der Waals surface area contributed by atoms with Gasteiger partial charge in [0.1, 0.15) is 0 Å². The van der Waals surface area contributed by atoms with Crippen molar-refractivity contribution in [3.8, 4) is 0 Å². The Morgan fingerprint density at radius 2 is 2.45 bits per heavy atom. The van der Waals surface area contributed by atoms with Gasteiger partial charge < -0.3 is 9.67 Å². The van der Waals surface area contributed by atoms with E-state index in [4.69, 9.17) is 5.11 Å². The van der Waals surface area contributed by atoms with E-state index in [1.165, 1.54) is 0 Å². The van der Waals surface area contributed by atoms with Crippen LogP contribution in [0.2, 0.25) is 0 Å². The van der Waals surface area contributed by atoms with Crippen molar-refractivity contribution in [1.82, 2.24) is 9.55 Å². The van der Waals surface area contributed by atoms with Gasteiger partial charge in [-0.2, -0.15) is 0 Å². The Morgan fingerprint density at radius 3 is 3.00 bits per heavy atom. The third kappa shape index (κ3) is 3.13. The molecule has 0 aliphatic carbocycles. The lowest BCUT2D eigenvalue weighted by atomic mass is 10.3. The Morgan fingerprint density at radius 1 is 1.64 bits per heavy atom. The van der Waals surface area contributed by atoms with E-state index in [1.54, 1.807) is 12.5 Å². The van der Waals surface area contributed by atoms with Gasteiger partial charge in [0.05, 0.1) is 6.33 Å². The van der Waals surface area contributed by atoms with Gasteiger partial charge >= 0.3 is 0 Å². The van der Waals surface area contributed by atoms with Crippen molar-refractivity contribution >= 4 is 17.3 Å². The molecule has 1 aromatic rings. The molecule has 0 amide bonds. The van der Waals surface area contributed by atoms with E-state index in [2.05, 4.69) is 17.2 Å². The zero-order chi connectivity index (χ0) is 8.10. The fourth-order valence-electron chi connectivity index (χ4n) is 0.832. The van der Waals surface area contributed by atoms with Crippen molar-refractivity contribution in [2.75, 3.05) is 0 Å². The number of aliphatic hydroxyl groups is 1. The van der Waals surface area contributed by atoms with Gasteiger partial charge in [-0.05, 0) is 18.6 Å². The molecule has 0 saturated carbocycles. The van der Waals surface area contributed by atoms with Gasteiger partial charge in [-0.1, -0.05) is 0 Å². The number of aliphatic hydroxyl groups excluding tert-OH is 1. The molecule has 60 valence electrons. The van der Waals surface area contributed by atoms with Crippen molar-refractivity contribution in [2.24, 2.45) is 0 Å². The summed E-state index contributed by atoms with van der Waals surface area (Å²) < 4.78 is 1.96. The van der Waals surface area contributed by atoms with E-state index in [-0.39, 0.29) is 5.05 Å². The summed E-state index contributed by atoms with van der Waals surface area (Å²) in [5, 5.41) is 8.78. The number of hydrogen-bond donors (Lipinski definition) is 1. The van der Waals surface area contributed by atoms with Gasteiger partial charge in [-0.25, -0.2) is 4.98 Å². The van der Waals surface area contributed by atoms with E-state index < -0.39 is 0 Å². The lowest BCUT2D eigenvalue weighted by Gasteiger charge is -1.98. The average Bonchev–Trinajstić information content (AvgIpc) is 2.39. The van der Waals surface area contributed by atoms with Crippen LogP contribution in [0, 0.1) is 0 Å². The molecule has 0 aliphatic heterocycles. The molecule has 0 bridgehead atoms. The van der Waals surface area contributed by atoms with Gasteiger partial charge in [0.25, 0.3) is 0 Å². The number of imidazole rings is 1. The van der Waals surface area contributed by atoms with Crippen LogP contribution in [0.15, 0.2) is 18.7 Å². The van der Waals surface area contributed by atoms with Crippen molar-refractivity contribution in [3.63, 3.8) is 0 Å². The van der Waals surface area contributed by atoms with Crippen LogP contribution in [-0.4, -0.2) is 19.7 Å². The number of nitrogens with zero attached hydrogens (tertiary/aromatic N) is 2. The van der Waals surface area contributed by atoms with Crippen LogP contribution in [0.1, 0.15) is 12.8 Å². The molecule has 0 radical (unpaired) electrons. The maximum absolute atomic E-state index is 8.69. The van der Waals surface area contributed by atoms with E-state index in [0.29, 0.717) is 6.42 Å². The second-order valence-electron chi connectivity index (χ2n) is 2.30. The van der Waals surface area contributed by atoms with Crippen LogP contribution in [0.25, 0.3) is 0 Å². The van der Waals surface area contributed by atoms with E-state index in [0.717, 1.165) is 13.0 Å². The van der Waals surface area contributed by atoms with Crippen LogP contribution >= 0.6 is 12.2 Å². The normalized spacial score (nSPS) is 9.82. The summed E-state index contributed by atoms with van der Waals surface area (Å²) in [4.78, 5) is 3.89. The Labute approximate surface area is 70.7 Å². The monoisotopic (exact) mass is 170 g/mol. The summed E-state index contributed by atoms with van der Waals surface area (Å²) >= 11 is 4.52. The lowest BCUT2D eigenvalue weighted by Crippen LogP contribution is -1.98. The molecule has 1 N–H and O–H groups in total.